The van der Waals surface area contributed by atoms with Crippen molar-refractivity contribution in [3.63, 3.8) is 0 Å². The van der Waals surface area contributed by atoms with E-state index in [2.05, 4.69) is 0 Å². The lowest BCUT2D eigenvalue weighted by Gasteiger charge is -2.26. The Hall–Kier alpha value is -1.31. The summed E-state index contributed by atoms with van der Waals surface area (Å²) in [7, 11) is -1.62. The third-order valence-electron chi connectivity index (χ3n) is 3.40. The molecular formula is C12H14BNO4S. The second-order valence-electron chi connectivity index (χ2n) is 4.72. The van der Waals surface area contributed by atoms with Crippen molar-refractivity contribution >= 4 is 40.1 Å². The zero-order valence-electron chi connectivity index (χ0n) is 10.3. The van der Waals surface area contributed by atoms with E-state index in [4.69, 9.17) is 4.42 Å². The molecule has 0 unspecified atom stereocenters. The third kappa shape index (κ3) is 2.29. The highest BCUT2D eigenvalue weighted by Gasteiger charge is 2.22. The number of hydrogen-bond acceptors (Lipinski definition) is 6. The van der Waals surface area contributed by atoms with Gasteiger partial charge in [0.15, 0.2) is 11.5 Å². The van der Waals surface area contributed by atoms with E-state index in [1.165, 1.54) is 23.8 Å². The fourth-order valence-electron chi connectivity index (χ4n) is 2.40. The van der Waals surface area contributed by atoms with Crippen molar-refractivity contribution in [2.24, 2.45) is 0 Å². The number of anilines is 1. The van der Waals surface area contributed by atoms with Crippen LogP contribution in [0.25, 0.3) is 10.3 Å². The molecule has 2 aromatic heterocycles. The number of rotatable bonds is 2. The van der Waals surface area contributed by atoms with E-state index in [-0.39, 0.29) is 10.9 Å². The summed E-state index contributed by atoms with van der Waals surface area (Å²) in [5.74, 6) is 0.525. The molecule has 1 aliphatic rings. The Balaban J connectivity index is 2.11. The van der Waals surface area contributed by atoms with E-state index >= 15 is 0 Å². The lowest BCUT2D eigenvalue weighted by molar-refractivity contribution is 0.425. The molecule has 7 heteroatoms. The summed E-state index contributed by atoms with van der Waals surface area (Å²) >= 11 is 1.18. The summed E-state index contributed by atoms with van der Waals surface area (Å²) in [6, 6.07) is 1.50. The molecule has 1 saturated heterocycles. The largest absolute Gasteiger partial charge is 0.493 e. The summed E-state index contributed by atoms with van der Waals surface area (Å²) in [4.78, 5) is 14.1. The summed E-state index contributed by atoms with van der Waals surface area (Å²) in [6.45, 7) is 1.74. The average Bonchev–Trinajstić information content (AvgIpc) is 2.84. The SMILES string of the molecule is O=c1cc(N2CCCCC2)oc2c(B(O)O)csc12. The van der Waals surface area contributed by atoms with Gasteiger partial charge in [-0.15, -0.1) is 11.3 Å². The first-order chi connectivity index (χ1) is 9.16. The minimum Gasteiger partial charge on any atom is -0.440 e. The second-order valence-corrected chi connectivity index (χ2v) is 5.60. The maximum atomic E-state index is 12.0. The van der Waals surface area contributed by atoms with Crippen molar-refractivity contribution in [1.82, 2.24) is 0 Å². The monoisotopic (exact) mass is 279 g/mol. The van der Waals surface area contributed by atoms with E-state index in [1.54, 1.807) is 5.38 Å². The maximum absolute atomic E-state index is 12.0. The Kier molecular flexibility index (Phi) is 3.34. The Morgan fingerprint density at radius 3 is 2.68 bits per heavy atom. The summed E-state index contributed by atoms with van der Waals surface area (Å²) < 4.78 is 6.17. The first kappa shape index (κ1) is 12.7. The predicted molar refractivity (Wildman–Crippen MR) is 76.3 cm³/mol. The van der Waals surface area contributed by atoms with Gasteiger partial charge in [-0.1, -0.05) is 0 Å². The number of hydrogen-bond donors (Lipinski definition) is 2. The summed E-state index contributed by atoms with van der Waals surface area (Å²) in [5.41, 5.74) is 0.433. The molecule has 3 heterocycles. The van der Waals surface area contributed by atoms with E-state index in [0.29, 0.717) is 16.2 Å². The summed E-state index contributed by atoms with van der Waals surface area (Å²) in [6.07, 6.45) is 3.36. The van der Waals surface area contributed by atoms with Gasteiger partial charge in [-0.3, -0.25) is 4.79 Å². The quantitative estimate of drug-likeness (QED) is 0.784. The molecule has 0 atom stereocenters. The van der Waals surface area contributed by atoms with Crippen molar-refractivity contribution in [2.45, 2.75) is 19.3 Å². The van der Waals surface area contributed by atoms with Gasteiger partial charge in [-0.2, -0.15) is 0 Å². The van der Waals surface area contributed by atoms with Crippen molar-refractivity contribution in [3.8, 4) is 0 Å². The zero-order valence-corrected chi connectivity index (χ0v) is 11.2. The van der Waals surface area contributed by atoms with Gasteiger partial charge in [-0.05, 0) is 24.6 Å². The van der Waals surface area contributed by atoms with Crippen LogP contribution in [0.5, 0.6) is 0 Å². The highest BCUT2D eigenvalue weighted by molar-refractivity contribution is 7.18. The molecule has 0 amide bonds. The molecule has 0 spiro atoms. The van der Waals surface area contributed by atoms with Crippen LogP contribution in [-0.4, -0.2) is 30.3 Å². The van der Waals surface area contributed by atoms with Crippen LogP contribution in [0.2, 0.25) is 0 Å². The smallest absolute Gasteiger partial charge is 0.440 e. The van der Waals surface area contributed by atoms with Gasteiger partial charge in [0.25, 0.3) is 0 Å². The highest BCUT2D eigenvalue weighted by Crippen LogP contribution is 2.24. The van der Waals surface area contributed by atoms with Crippen molar-refractivity contribution < 1.29 is 14.5 Å². The Labute approximate surface area is 114 Å². The highest BCUT2D eigenvalue weighted by atomic mass is 32.1. The van der Waals surface area contributed by atoms with E-state index in [1.807, 2.05) is 4.90 Å². The van der Waals surface area contributed by atoms with Gasteiger partial charge in [0, 0.05) is 24.6 Å². The van der Waals surface area contributed by atoms with Gasteiger partial charge in [0.2, 0.25) is 5.43 Å². The van der Waals surface area contributed by atoms with Crippen molar-refractivity contribution in [2.75, 3.05) is 18.0 Å². The Morgan fingerprint density at radius 2 is 2.00 bits per heavy atom. The molecule has 0 bridgehead atoms. The van der Waals surface area contributed by atoms with Gasteiger partial charge in [-0.25, -0.2) is 0 Å². The molecule has 0 aliphatic carbocycles. The van der Waals surface area contributed by atoms with Crippen LogP contribution < -0.4 is 15.8 Å². The first-order valence-electron chi connectivity index (χ1n) is 6.33. The lowest BCUT2D eigenvalue weighted by Crippen LogP contribution is -2.31. The number of thiophene rings is 1. The molecule has 1 aliphatic heterocycles. The zero-order chi connectivity index (χ0) is 13.4. The lowest BCUT2D eigenvalue weighted by atomic mass is 9.82. The Morgan fingerprint density at radius 1 is 1.26 bits per heavy atom. The molecule has 0 saturated carbocycles. The van der Waals surface area contributed by atoms with Crippen LogP contribution in [0.15, 0.2) is 20.7 Å². The molecule has 0 aromatic carbocycles. The molecule has 1 fully saturated rings. The fourth-order valence-corrected chi connectivity index (χ4v) is 3.31. The minimum absolute atomic E-state index is 0.126. The molecular weight excluding hydrogens is 265 g/mol. The van der Waals surface area contributed by atoms with E-state index in [9.17, 15) is 14.8 Å². The molecule has 2 N–H and O–H groups in total. The van der Waals surface area contributed by atoms with Gasteiger partial charge < -0.3 is 19.4 Å². The third-order valence-corrected chi connectivity index (χ3v) is 4.40. The first-order valence-corrected chi connectivity index (χ1v) is 7.21. The molecule has 5 nitrogen and oxygen atoms in total. The average molecular weight is 279 g/mol. The normalized spacial score (nSPS) is 16.0. The summed E-state index contributed by atoms with van der Waals surface area (Å²) in [5, 5.41) is 20.1. The van der Waals surface area contributed by atoms with Crippen LogP contribution in [0.3, 0.4) is 0 Å². The van der Waals surface area contributed by atoms with Crippen LogP contribution in [0, 0.1) is 0 Å². The second kappa shape index (κ2) is 4.99. The molecule has 0 radical (unpaired) electrons. The standard InChI is InChI=1S/C12H14BNO4S/c15-9-6-10(14-4-2-1-3-5-14)18-11-8(13(16)17)7-19-12(9)11/h6-7,16-17H,1-5H2. The fraction of sp³-hybridized carbons (Fsp3) is 0.417. The van der Waals surface area contributed by atoms with Crippen LogP contribution in [0.1, 0.15) is 19.3 Å². The maximum Gasteiger partial charge on any atom is 0.493 e. The topological polar surface area (TPSA) is 73.9 Å². The molecule has 19 heavy (non-hydrogen) atoms. The van der Waals surface area contributed by atoms with Gasteiger partial charge >= 0.3 is 7.12 Å². The van der Waals surface area contributed by atoms with Crippen LogP contribution in [-0.2, 0) is 0 Å². The Bertz CT molecular complexity index is 645. The van der Waals surface area contributed by atoms with Crippen molar-refractivity contribution in [3.05, 3.63) is 21.7 Å². The van der Waals surface area contributed by atoms with Gasteiger partial charge in [0.05, 0.1) is 0 Å². The van der Waals surface area contributed by atoms with Gasteiger partial charge in [0.1, 0.15) is 4.70 Å². The van der Waals surface area contributed by atoms with E-state index < -0.39 is 7.12 Å². The predicted octanol–water partition coefficient (Wildman–Crippen LogP) is 0.525. The molecule has 100 valence electrons. The number of piperidine rings is 1. The molecule has 3 rings (SSSR count). The minimum atomic E-state index is -1.62. The number of fused-ring (bicyclic) bond motifs is 1. The van der Waals surface area contributed by atoms with Crippen LogP contribution >= 0.6 is 11.3 Å². The molecule has 2 aromatic rings. The van der Waals surface area contributed by atoms with Crippen LogP contribution in [0.4, 0.5) is 5.88 Å². The van der Waals surface area contributed by atoms with Crippen molar-refractivity contribution in [1.29, 1.82) is 0 Å². The number of nitrogens with zero attached hydrogens (tertiary/aromatic N) is 1. The van der Waals surface area contributed by atoms with E-state index in [0.717, 1.165) is 25.9 Å².